The maximum Gasteiger partial charge on any atom is 0.0464 e. The summed E-state index contributed by atoms with van der Waals surface area (Å²) >= 11 is 0. The van der Waals surface area contributed by atoms with Crippen LogP contribution in [-0.2, 0) is 0 Å². The Bertz CT molecular complexity index is 577. The highest BCUT2D eigenvalue weighted by molar-refractivity contribution is 14.0. The van der Waals surface area contributed by atoms with Crippen molar-refractivity contribution < 1.29 is 0 Å². The number of hydrogen-bond acceptors (Lipinski definition) is 1. The van der Waals surface area contributed by atoms with Crippen molar-refractivity contribution in [3.05, 3.63) is 48.5 Å². The number of unbranched alkanes of at least 4 members (excludes halogenated alkanes) is 2. The largest absolute Gasteiger partial charge is 0.355 e. The lowest BCUT2D eigenvalue weighted by Crippen LogP contribution is -1.96. The van der Waals surface area contributed by atoms with Gasteiger partial charge in [-0.1, -0.05) is 56.2 Å². The van der Waals surface area contributed by atoms with Crippen LogP contribution in [0.5, 0.6) is 0 Å². The van der Waals surface area contributed by atoms with Crippen molar-refractivity contribution in [3.8, 4) is 0 Å². The third-order valence-electron chi connectivity index (χ3n) is 3.22. The number of rotatable bonds is 3. The van der Waals surface area contributed by atoms with Crippen LogP contribution in [0.4, 0.5) is 0 Å². The fourth-order valence-electron chi connectivity index (χ4n) is 2.19. The normalized spacial score (nSPS) is 9.90. The minimum atomic E-state index is 0. The van der Waals surface area contributed by atoms with Gasteiger partial charge in [-0.2, -0.15) is 0 Å². The number of benzene rings is 2. The molecule has 0 saturated heterocycles. The lowest BCUT2D eigenvalue weighted by molar-refractivity contribution is 0.727. The molecular formula is C17H23IN2. The van der Waals surface area contributed by atoms with Crippen molar-refractivity contribution in [1.82, 2.24) is 4.98 Å². The van der Waals surface area contributed by atoms with E-state index in [2.05, 4.69) is 60.4 Å². The highest BCUT2D eigenvalue weighted by Crippen LogP contribution is 2.24. The van der Waals surface area contributed by atoms with Crippen LogP contribution in [0.25, 0.3) is 21.8 Å². The Morgan fingerprint density at radius 3 is 1.75 bits per heavy atom. The minimum absolute atomic E-state index is 0. The molecule has 0 aliphatic carbocycles. The number of nitrogens with one attached hydrogen (secondary N) is 1. The van der Waals surface area contributed by atoms with Crippen molar-refractivity contribution in [2.75, 3.05) is 6.54 Å². The van der Waals surface area contributed by atoms with Gasteiger partial charge in [-0.3, -0.25) is 0 Å². The molecule has 3 rings (SSSR count). The summed E-state index contributed by atoms with van der Waals surface area (Å²) < 4.78 is 0. The lowest BCUT2D eigenvalue weighted by atomic mass is 10.2. The Kier molecular flexibility index (Phi) is 7.62. The number of hydrogen-bond donors (Lipinski definition) is 2. The summed E-state index contributed by atoms with van der Waals surface area (Å²) in [6.45, 7) is 3.03. The lowest BCUT2D eigenvalue weighted by Gasteiger charge is -1.87. The summed E-state index contributed by atoms with van der Waals surface area (Å²) in [4.78, 5) is 3.38. The predicted octanol–water partition coefficient (Wildman–Crippen LogP) is 5.07. The van der Waals surface area contributed by atoms with Crippen LogP contribution in [0.2, 0.25) is 0 Å². The monoisotopic (exact) mass is 382 g/mol. The predicted molar refractivity (Wildman–Crippen MR) is 99.8 cm³/mol. The van der Waals surface area contributed by atoms with E-state index in [9.17, 15) is 0 Å². The van der Waals surface area contributed by atoms with Gasteiger partial charge in [0.15, 0.2) is 0 Å². The van der Waals surface area contributed by atoms with Crippen LogP contribution in [0.1, 0.15) is 26.2 Å². The van der Waals surface area contributed by atoms with Crippen molar-refractivity contribution in [1.29, 1.82) is 0 Å². The molecule has 0 aliphatic heterocycles. The van der Waals surface area contributed by atoms with Gasteiger partial charge in [-0.05, 0) is 25.1 Å². The average molecular weight is 382 g/mol. The molecule has 3 heteroatoms. The van der Waals surface area contributed by atoms with E-state index in [1.807, 2.05) is 0 Å². The summed E-state index contributed by atoms with van der Waals surface area (Å²) in [6, 6.07) is 16.8. The standard InChI is InChI=1S/C12H9N.C5H13N.HI/c1-3-7-11-9(5-1)10-6-2-4-8-12(10)13-11;1-2-3-4-5-6;/h1-8,13H;2-6H2,1H3;1H. The van der Waals surface area contributed by atoms with E-state index in [1.54, 1.807) is 0 Å². The van der Waals surface area contributed by atoms with Crippen LogP contribution in [0.3, 0.4) is 0 Å². The first kappa shape index (κ1) is 17.0. The number of nitrogens with two attached hydrogens (primary N) is 1. The topological polar surface area (TPSA) is 41.8 Å². The summed E-state index contributed by atoms with van der Waals surface area (Å²) in [5.41, 5.74) is 7.64. The smallest absolute Gasteiger partial charge is 0.0464 e. The molecule has 20 heavy (non-hydrogen) atoms. The number of aromatic nitrogens is 1. The van der Waals surface area contributed by atoms with Crippen molar-refractivity contribution in [3.63, 3.8) is 0 Å². The first-order valence-electron chi connectivity index (χ1n) is 7.02. The van der Waals surface area contributed by atoms with Gasteiger partial charge in [0.25, 0.3) is 0 Å². The Labute approximate surface area is 137 Å². The zero-order valence-electron chi connectivity index (χ0n) is 11.9. The SMILES string of the molecule is CCCCCN.I.c1ccc2c(c1)[nH]c1ccccc12. The second kappa shape index (κ2) is 8.97. The minimum Gasteiger partial charge on any atom is -0.355 e. The van der Waals surface area contributed by atoms with Gasteiger partial charge in [0.05, 0.1) is 0 Å². The molecule has 108 valence electrons. The number of H-pyrrole nitrogens is 1. The Morgan fingerprint density at radius 1 is 0.850 bits per heavy atom. The first-order valence-corrected chi connectivity index (χ1v) is 7.02. The fourth-order valence-corrected chi connectivity index (χ4v) is 2.19. The van der Waals surface area contributed by atoms with Gasteiger partial charge in [0.1, 0.15) is 0 Å². The van der Waals surface area contributed by atoms with Gasteiger partial charge < -0.3 is 10.7 Å². The summed E-state index contributed by atoms with van der Waals surface area (Å²) in [5.74, 6) is 0. The molecule has 0 radical (unpaired) electrons. The second-order valence-corrected chi connectivity index (χ2v) is 4.71. The summed E-state index contributed by atoms with van der Waals surface area (Å²) in [6.07, 6.45) is 3.75. The fraction of sp³-hybridized carbons (Fsp3) is 0.294. The van der Waals surface area contributed by atoms with Gasteiger partial charge in [0, 0.05) is 21.8 Å². The van der Waals surface area contributed by atoms with Gasteiger partial charge in [-0.15, -0.1) is 24.0 Å². The molecular weight excluding hydrogens is 359 g/mol. The summed E-state index contributed by atoms with van der Waals surface area (Å²) in [5, 5.41) is 2.61. The Hall–Kier alpha value is -1.07. The van der Waals surface area contributed by atoms with Crippen LogP contribution in [0.15, 0.2) is 48.5 Å². The van der Waals surface area contributed by atoms with Gasteiger partial charge in [0.2, 0.25) is 0 Å². The molecule has 0 unspecified atom stereocenters. The maximum atomic E-state index is 5.21. The van der Waals surface area contributed by atoms with Gasteiger partial charge in [-0.25, -0.2) is 0 Å². The molecule has 3 aromatic rings. The average Bonchev–Trinajstić information content (AvgIpc) is 2.84. The van der Waals surface area contributed by atoms with Crippen LogP contribution in [0, 0.1) is 0 Å². The van der Waals surface area contributed by atoms with E-state index >= 15 is 0 Å². The molecule has 0 spiro atoms. The highest BCUT2D eigenvalue weighted by Gasteiger charge is 2.00. The van der Waals surface area contributed by atoms with Crippen molar-refractivity contribution in [2.45, 2.75) is 26.2 Å². The summed E-state index contributed by atoms with van der Waals surface area (Å²) in [7, 11) is 0. The highest BCUT2D eigenvalue weighted by atomic mass is 127. The number of aromatic amines is 1. The van der Waals surface area contributed by atoms with Crippen molar-refractivity contribution >= 4 is 45.8 Å². The molecule has 1 aromatic heterocycles. The molecule has 2 aromatic carbocycles. The molecule has 3 N–H and O–H groups in total. The van der Waals surface area contributed by atoms with E-state index in [1.165, 1.54) is 41.1 Å². The number of fused-ring (bicyclic) bond motifs is 3. The van der Waals surface area contributed by atoms with Crippen LogP contribution >= 0.6 is 24.0 Å². The van der Waals surface area contributed by atoms with Gasteiger partial charge >= 0.3 is 0 Å². The van der Waals surface area contributed by atoms with E-state index in [0.717, 1.165) is 6.54 Å². The number of para-hydroxylation sites is 2. The van der Waals surface area contributed by atoms with E-state index in [4.69, 9.17) is 5.73 Å². The third-order valence-corrected chi connectivity index (χ3v) is 3.22. The van der Waals surface area contributed by atoms with E-state index in [0.29, 0.717) is 0 Å². The second-order valence-electron chi connectivity index (χ2n) is 4.71. The molecule has 0 aliphatic rings. The number of halogens is 1. The third kappa shape index (κ3) is 4.21. The first-order chi connectivity index (χ1) is 9.36. The zero-order chi connectivity index (χ0) is 13.5. The zero-order valence-corrected chi connectivity index (χ0v) is 14.3. The quantitative estimate of drug-likeness (QED) is 0.482. The molecule has 0 amide bonds. The molecule has 0 fully saturated rings. The van der Waals surface area contributed by atoms with Crippen LogP contribution < -0.4 is 5.73 Å². The maximum absolute atomic E-state index is 5.21. The molecule has 1 heterocycles. The molecule has 0 saturated carbocycles. The Morgan fingerprint density at radius 2 is 1.35 bits per heavy atom. The van der Waals surface area contributed by atoms with E-state index < -0.39 is 0 Å². The van der Waals surface area contributed by atoms with Crippen LogP contribution in [-0.4, -0.2) is 11.5 Å². The molecule has 0 atom stereocenters. The van der Waals surface area contributed by atoms with Crippen molar-refractivity contribution in [2.24, 2.45) is 5.73 Å². The Balaban J connectivity index is 0.000000250. The van der Waals surface area contributed by atoms with E-state index in [-0.39, 0.29) is 24.0 Å². The molecule has 2 nitrogen and oxygen atoms in total. The molecule has 0 bridgehead atoms.